The first-order valence-electron chi connectivity index (χ1n) is 5.97. The molecule has 0 aromatic carbocycles. The molecule has 94 valence electrons. The number of amides is 1. The summed E-state index contributed by atoms with van der Waals surface area (Å²) in [7, 11) is 0. The number of nitrogens with one attached hydrogen (secondary N) is 1. The minimum atomic E-state index is 0.0679. The number of unbranched alkanes of at least 4 members (excludes halogenated alkanes) is 2. The van der Waals surface area contributed by atoms with Crippen molar-refractivity contribution in [2.45, 2.75) is 39.2 Å². The van der Waals surface area contributed by atoms with E-state index in [1.807, 2.05) is 13.0 Å². The molecule has 0 unspecified atom stereocenters. The molecule has 0 atom stereocenters. The molecule has 0 fully saturated rings. The van der Waals surface area contributed by atoms with Gasteiger partial charge in [-0.05, 0) is 32.4 Å². The van der Waals surface area contributed by atoms with E-state index >= 15 is 0 Å². The van der Waals surface area contributed by atoms with E-state index < -0.39 is 0 Å². The predicted octanol–water partition coefficient (Wildman–Crippen LogP) is 0.920. The summed E-state index contributed by atoms with van der Waals surface area (Å²) in [4.78, 5) is 19.7. The highest BCUT2D eigenvalue weighted by Crippen LogP contribution is 1.99. The molecule has 1 aromatic heterocycles. The lowest BCUT2D eigenvalue weighted by atomic mass is 10.2. The van der Waals surface area contributed by atoms with Crippen molar-refractivity contribution in [3.8, 4) is 0 Å². The first-order chi connectivity index (χ1) is 8.22. The van der Waals surface area contributed by atoms with Gasteiger partial charge in [0.05, 0.1) is 12.2 Å². The van der Waals surface area contributed by atoms with Crippen molar-refractivity contribution in [2.75, 3.05) is 6.54 Å². The van der Waals surface area contributed by atoms with Gasteiger partial charge in [0.2, 0.25) is 5.91 Å². The number of aromatic nitrogens is 2. The maximum Gasteiger partial charge on any atom is 0.220 e. The molecule has 1 rings (SSSR count). The van der Waals surface area contributed by atoms with E-state index in [-0.39, 0.29) is 5.91 Å². The molecule has 0 aliphatic carbocycles. The third-order valence-electron chi connectivity index (χ3n) is 2.41. The van der Waals surface area contributed by atoms with E-state index in [4.69, 9.17) is 5.73 Å². The van der Waals surface area contributed by atoms with E-state index in [0.717, 1.165) is 30.8 Å². The van der Waals surface area contributed by atoms with Crippen LogP contribution in [0.5, 0.6) is 0 Å². The van der Waals surface area contributed by atoms with Gasteiger partial charge in [-0.1, -0.05) is 6.42 Å². The molecule has 1 amide bonds. The summed E-state index contributed by atoms with van der Waals surface area (Å²) in [6.07, 6.45) is 5.15. The Morgan fingerprint density at radius 3 is 2.94 bits per heavy atom. The second-order valence-corrected chi connectivity index (χ2v) is 3.97. The average molecular weight is 236 g/mol. The normalized spacial score (nSPS) is 10.2. The Labute approximate surface area is 102 Å². The number of carbonyl (C=O) groups is 1. The Balaban J connectivity index is 2.19. The van der Waals surface area contributed by atoms with Crippen molar-refractivity contribution in [1.29, 1.82) is 0 Å². The van der Waals surface area contributed by atoms with Crippen LogP contribution in [0.4, 0.5) is 0 Å². The smallest absolute Gasteiger partial charge is 0.220 e. The molecule has 0 aliphatic rings. The molecular weight excluding hydrogens is 216 g/mol. The topological polar surface area (TPSA) is 80.9 Å². The van der Waals surface area contributed by atoms with Crippen molar-refractivity contribution < 1.29 is 4.79 Å². The van der Waals surface area contributed by atoms with Crippen molar-refractivity contribution >= 4 is 5.91 Å². The summed E-state index contributed by atoms with van der Waals surface area (Å²) in [5.41, 5.74) is 6.22. The average Bonchev–Trinajstić information content (AvgIpc) is 2.32. The third-order valence-corrected chi connectivity index (χ3v) is 2.41. The van der Waals surface area contributed by atoms with Crippen LogP contribution in [0.3, 0.4) is 0 Å². The van der Waals surface area contributed by atoms with Crippen molar-refractivity contribution in [2.24, 2.45) is 5.73 Å². The standard InChI is InChI=1S/C12H20N4O/c1-10-14-8-6-11(16-10)9-15-12(17)5-3-2-4-7-13/h6,8H,2-5,7,9,13H2,1H3,(H,15,17). The van der Waals surface area contributed by atoms with E-state index in [1.54, 1.807) is 6.20 Å². The lowest BCUT2D eigenvalue weighted by molar-refractivity contribution is -0.121. The molecule has 1 aromatic rings. The molecule has 5 nitrogen and oxygen atoms in total. The Hall–Kier alpha value is -1.49. The Bertz CT molecular complexity index is 354. The molecule has 5 heteroatoms. The molecule has 0 bridgehead atoms. The van der Waals surface area contributed by atoms with Crippen LogP contribution in [0, 0.1) is 6.92 Å². The summed E-state index contributed by atoms with van der Waals surface area (Å²) in [6.45, 7) is 3.00. The Morgan fingerprint density at radius 1 is 1.41 bits per heavy atom. The largest absolute Gasteiger partial charge is 0.350 e. The van der Waals surface area contributed by atoms with Gasteiger partial charge < -0.3 is 11.1 Å². The van der Waals surface area contributed by atoms with Crippen LogP contribution < -0.4 is 11.1 Å². The summed E-state index contributed by atoms with van der Waals surface area (Å²) in [6, 6.07) is 1.81. The summed E-state index contributed by atoms with van der Waals surface area (Å²) in [5.74, 6) is 0.790. The molecule has 0 aliphatic heterocycles. The van der Waals surface area contributed by atoms with Gasteiger partial charge in [-0.3, -0.25) is 4.79 Å². The van der Waals surface area contributed by atoms with E-state index in [1.165, 1.54) is 0 Å². The molecule has 1 heterocycles. The molecule has 0 spiro atoms. The Morgan fingerprint density at radius 2 is 2.24 bits per heavy atom. The van der Waals surface area contributed by atoms with Crippen LogP contribution in [-0.2, 0) is 11.3 Å². The zero-order valence-corrected chi connectivity index (χ0v) is 10.3. The zero-order chi connectivity index (χ0) is 12.5. The fourth-order valence-corrected chi connectivity index (χ4v) is 1.49. The number of hydrogen-bond donors (Lipinski definition) is 2. The van der Waals surface area contributed by atoms with Gasteiger partial charge in [-0.2, -0.15) is 0 Å². The first-order valence-corrected chi connectivity index (χ1v) is 5.97. The third kappa shape index (κ3) is 5.97. The molecule has 17 heavy (non-hydrogen) atoms. The fraction of sp³-hybridized carbons (Fsp3) is 0.583. The first kappa shape index (κ1) is 13.6. The zero-order valence-electron chi connectivity index (χ0n) is 10.3. The quantitative estimate of drug-likeness (QED) is 0.690. The van der Waals surface area contributed by atoms with Gasteiger partial charge in [-0.15, -0.1) is 0 Å². The summed E-state index contributed by atoms with van der Waals surface area (Å²) < 4.78 is 0. The minimum absolute atomic E-state index is 0.0679. The Kier molecular flexibility index (Phi) is 6.17. The molecule has 0 saturated heterocycles. The maximum absolute atomic E-state index is 11.5. The van der Waals surface area contributed by atoms with Crippen LogP contribution in [0.2, 0.25) is 0 Å². The van der Waals surface area contributed by atoms with E-state index in [2.05, 4.69) is 15.3 Å². The molecule has 0 radical (unpaired) electrons. The highest BCUT2D eigenvalue weighted by atomic mass is 16.1. The summed E-state index contributed by atoms with van der Waals surface area (Å²) in [5, 5.41) is 2.84. The van der Waals surface area contributed by atoms with Gasteiger partial charge in [0.15, 0.2) is 0 Å². The van der Waals surface area contributed by atoms with Crippen LogP contribution in [-0.4, -0.2) is 22.4 Å². The number of aryl methyl sites for hydroxylation is 1. The highest BCUT2D eigenvalue weighted by Gasteiger charge is 2.02. The number of rotatable bonds is 7. The van der Waals surface area contributed by atoms with Crippen molar-refractivity contribution in [1.82, 2.24) is 15.3 Å². The number of hydrogen-bond acceptors (Lipinski definition) is 4. The lowest BCUT2D eigenvalue weighted by Gasteiger charge is -2.04. The van der Waals surface area contributed by atoms with E-state index in [0.29, 0.717) is 19.5 Å². The van der Waals surface area contributed by atoms with Gasteiger partial charge in [0.25, 0.3) is 0 Å². The van der Waals surface area contributed by atoms with E-state index in [9.17, 15) is 4.79 Å². The molecule has 3 N–H and O–H groups in total. The van der Waals surface area contributed by atoms with Crippen LogP contribution in [0.15, 0.2) is 12.3 Å². The highest BCUT2D eigenvalue weighted by molar-refractivity contribution is 5.75. The van der Waals surface area contributed by atoms with Gasteiger partial charge >= 0.3 is 0 Å². The number of carbonyl (C=O) groups excluding carboxylic acids is 1. The van der Waals surface area contributed by atoms with Crippen LogP contribution >= 0.6 is 0 Å². The lowest BCUT2D eigenvalue weighted by Crippen LogP contribution is -2.23. The van der Waals surface area contributed by atoms with Crippen molar-refractivity contribution in [3.63, 3.8) is 0 Å². The SMILES string of the molecule is Cc1nccc(CNC(=O)CCCCCN)n1. The minimum Gasteiger partial charge on any atom is -0.350 e. The van der Waals surface area contributed by atoms with Crippen LogP contribution in [0.25, 0.3) is 0 Å². The van der Waals surface area contributed by atoms with Gasteiger partial charge in [0.1, 0.15) is 5.82 Å². The second kappa shape index (κ2) is 7.73. The van der Waals surface area contributed by atoms with Crippen molar-refractivity contribution in [3.05, 3.63) is 23.8 Å². The maximum atomic E-state index is 11.5. The van der Waals surface area contributed by atoms with Gasteiger partial charge in [-0.25, -0.2) is 9.97 Å². The van der Waals surface area contributed by atoms with Gasteiger partial charge in [0, 0.05) is 12.6 Å². The van der Waals surface area contributed by atoms with Crippen LogP contribution in [0.1, 0.15) is 37.2 Å². The molecule has 0 saturated carbocycles. The predicted molar refractivity (Wildman–Crippen MR) is 66.1 cm³/mol. The fourth-order valence-electron chi connectivity index (χ4n) is 1.49. The summed E-state index contributed by atoms with van der Waals surface area (Å²) >= 11 is 0. The number of nitrogens with two attached hydrogens (primary N) is 1. The second-order valence-electron chi connectivity index (χ2n) is 3.97. The molecular formula is C12H20N4O. The number of nitrogens with zero attached hydrogens (tertiary/aromatic N) is 2. The monoisotopic (exact) mass is 236 g/mol.